The lowest BCUT2D eigenvalue weighted by Gasteiger charge is -2.33. The van der Waals surface area contributed by atoms with Crippen molar-refractivity contribution in [2.45, 2.75) is 38.4 Å². The van der Waals surface area contributed by atoms with Crippen LogP contribution in [0.25, 0.3) is 0 Å². The average molecular weight is 435 g/mol. The lowest BCUT2D eigenvalue weighted by atomic mass is 9.86. The van der Waals surface area contributed by atoms with Gasteiger partial charge in [0.15, 0.2) is 0 Å². The first kappa shape index (κ1) is 16.2. The van der Waals surface area contributed by atoms with Gasteiger partial charge in [0.25, 0.3) is 0 Å². The predicted molar refractivity (Wildman–Crippen MR) is 104 cm³/mol. The first-order valence-corrected chi connectivity index (χ1v) is 9.52. The molecule has 1 aliphatic carbocycles. The molecule has 0 aromatic heterocycles. The third kappa shape index (κ3) is 2.69. The van der Waals surface area contributed by atoms with Gasteiger partial charge in [-0.3, -0.25) is 4.90 Å². The molecule has 0 fully saturated rings. The number of methoxy groups -OCH3 is 2. The van der Waals surface area contributed by atoms with E-state index in [1.165, 1.54) is 28.7 Å². The maximum absolute atomic E-state index is 5.69. The maximum atomic E-state index is 5.69. The highest BCUT2D eigenvalue weighted by atomic mass is 127. The number of halogens is 1. The molecule has 0 amide bonds. The van der Waals surface area contributed by atoms with Crippen LogP contribution in [0.1, 0.15) is 28.7 Å². The molecule has 0 saturated carbocycles. The van der Waals surface area contributed by atoms with Crippen molar-refractivity contribution in [2.24, 2.45) is 0 Å². The van der Waals surface area contributed by atoms with Gasteiger partial charge in [0.05, 0.1) is 17.8 Å². The Balaban J connectivity index is 1.63. The number of ether oxygens (including phenoxy) is 2. The van der Waals surface area contributed by atoms with Crippen LogP contribution in [0.15, 0.2) is 30.3 Å². The van der Waals surface area contributed by atoms with E-state index < -0.39 is 0 Å². The summed E-state index contributed by atoms with van der Waals surface area (Å²) in [5.74, 6) is 2.05. The van der Waals surface area contributed by atoms with Crippen LogP contribution in [-0.4, -0.2) is 25.2 Å². The van der Waals surface area contributed by atoms with Gasteiger partial charge in [-0.05, 0) is 59.0 Å². The molecule has 2 aliphatic rings. The molecule has 1 aliphatic heterocycles. The summed E-state index contributed by atoms with van der Waals surface area (Å²) >= 11 is 2.34. The summed E-state index contributed by atoms with van der Waals surface area (Å²) < 4.78 is 12.5. The Bertz CT molecular complexity index is 749. The fourth-order valence-electron chi connectivity index (χ4n) is 4.17. The van der Waals surface area contributed by atoms with E-state index in [9.17, 15) is 0 Å². The Morgan fingerprint density at radius 2 is 1.75 bits per heavy atom. The van der Waals surface area contributed by atoms with Crippen molar-refractivity contribution in [3.63, 3.8) is 0 Å². The predicted octanol–water partition coefficient (Wildman–Crippen LogP) is 4.18. The summed E-state index contributed by atoms with van der Waals surface area (Å²) in [6.45, 7) is 2.14. The molecule has 0 radical (unpaired) electrons. The van der Waals surface area contributed by atoms with E-state index in [2.05, 4.69) is 57.8 Å². The number of nitrogens with zero attached hydrogens (tertiary/aromatic N) is 1. The Morgan fingerprint density at radius 1 is 1.04 bits per heavy atom. The molecule has 2 aromatic carbocycles. The van der Waals surface area contributed by atoms with Crippen molar-refractivity contribution < 1.29 is 9.47 Å². The summed E-state index contributed by atoms with van der Waals surface area (Å²) in [6, 6.07) is 11.5. The number of hydrogen-bond acceptors (Lipinski definition) is 3. The zero-order chi connectivity index (χ0) is 16.7. The lowest BCUT2D eigenvalue weighted by molar-refractivity contribution is 0.179. The van der Waals surface area contributed by atoms with Crippen LogP contribution in [0.4, 0.5) is 0 Å². The number of hydrogen-bond donors (Lipinski definition) is 0. The topological polar surface area (TPSA) is 21.7 Å². The molecule has 126 valence electrons. The number of rotatable bonds is 3. The van der Waals surface area contributed by atoms with Crippen molar-refractivity contribution in [1.29, 1.82) is 0 Å². The minimum atomic E-state index is 0.573. The first-order valence-electron chi connectivity index (χ1n) is 8.44. The summed E-state index contributed by atoms with van der Waals surface area (Å²) in [5, 5.41) is 0. The molecule has 24 heavy (non-hydrogen) atoms. The van der Waals surface area contributed by atoms with Crippen LogP contribution in [0, 0.1) is 3.57 Å². The molecule has 2 aromatic rings. The molecule has 0 bridgehead atoms. The number of benzene rings is 2. The summed E-state index contributed by atoms with van der Waals surface area (Å²) in [6.07, 6.45) is 3.28. The minimum Gasteiger partial charge on any atom is -0.496 e. The van der Waals surface area contributed by atoms with Gasteiger partial charge in [-0.25, -0.2) is 0 Å². The average Bonchev–Trinajstić information content (AvgIpc) is 3.05. The molecular weight excluding hydrogens is 413 g/mol. The van der Waals surface area contributed by atoms with Gasteiger partial charge < -0.3 is 9.47 Å². The van der Waals surface area contributed by atoms with Crippen molar-refractivity contribution in [1.82, 2.24) is 4.90 Å². The normalized spacial score (nSPS) is 19.7. The van der Waals surface area contributed by atoms with E-state index in [4.69, 9.17) is 9.47 Å². The summed E-state index contributed by atoms with van der Waals surface area (Å²) in [5.41, 5.74) is 5.64. The molecule has 0 saturated heterocycles. The smallest absolute Gasteiger partial charge is 0.135 e. The van der Waals surface area contributed by atoms with Gasteiger partial charge in [0.1, 0.15) is 11.5 Å². The second kappa shape index (κ2) is 6.56. The van der Waals surface area contributed by atoms with Gasteiger partial charge in [-0.1, -0.05) is 24.3 Å². The molecule has 1 atom stereocenters. The fourth-order valence-corrected chi connectivity index (χ4v) is 5.00. The molecule has 1 unspecified atom stereocenters. The zero-order valence-electron chi connectivity index (χ0n) is 14.1. The Hall–Kier alpha value is -1.27. The van der Waals surface area contributed by atoms with Gasteiger partial charge in [0, 0.05) is 30.3 Å². The van der Waals surface area contributed by atoms with Crippen LogP contribution in [0.3, 0.4) is 0 Å². The molecule has 0 N–H and O–H groups in total. The van der Waals surface area contributed by atoms with Crippen molar-refractivity contribution in [3.05, 3.63) is 56.2 Å². The summed E-state index contributed by atoms with van der Waals surface area (Å²) in [7, 11) is 3.54. The lowest BCUT2D eigenvalue weighted by Crippen LogP contribution is -2.36. The molecular formula is C20H22INO2. The van der Waals surface area contributed by atoms with Crippen molar-refractivity contribution >= 4 is 22.6 Å². The van der Waals surface area contributed by atoms with Crippen LogP contribution < -0.4 is 9.47 Å². The first-order chi connectivity index (χ1) is 11.7. The Labute approximate surface area is 157 Å². The second-order valence-corrected chi connectivity index (χ2v) is 7.78. The Kier molecular flexibility index (Phi) is 4.43. The van der Waals surface area contributed by atoms with Gasteiger partial charge in [-0.15, -0.1) is 0 Å². The third-order valence-corrected chi connectivity index (χ3v) is 6.18. The third-order valence-electron chi connectivity index (χ3n) is 5.38. The highest BCUT2D eigenvalue weighted by Crippen LogP contribution is 2.41. The summed E-state index contributed by atoms with van der Waals surface area (Å²) in [4.78, 5) is 2.62. The van der Waals surface area contributed by atoms with Gasteiger partial charge in [0.2, 0.25) is 0 Å². The highest BCUT2D eigenvalue weighted by molar-refractivity contribution is 14.1. The van der Waals surface area contributed by atoms with E-state index in [1.54, 1.807) is 14.2 Å². The van der Waals surface area contributed by atoms with E-state index >= 15 is 0 Å². The van der Waals surface area contributed by atoms with Gasteiger partial charge >= 0.3 is 0 Å². The maximum Gasteiger partial charge on any atom is 0.135 e. The quantitative estimate of drug-likeness (QED) is 0.676. The largest absolute Gasteiger partial charge is 0.496 e. The van der Waals surface area contributed by atoms with Crippen molar-refractivity contribution in [3.8, 4) is 11.5 Å². The second-order valence-electron chi connectivity index (χ2n) is 6.62. The van der Waals surface area contributed by atoms with E-state index in [0.29, 0.717) is 6.04 Å². The van der Waals surface area contributed by atoms with Crippen LogP contribution in [0.2, 0.25) is 0 Å². The zero-order valence-corrected chi connectivity index (χ0v) is 16.3. The van der Waals surface area contributed by atoms with Gasteiger partial charge in [-0.2, -0.15) is 0 Å². The molecule has 1 heterocycles. The van der Waals surface area contributed by atoms with E-state index in [-0.39, 0.29) is 0 Å². The Morgan fingerprint density at radius 3 is 2.38 bits per heavy atom. The van der Waals surface area contributed by atoms with Crippen LogP contribution in [-0.2, 0) is 25.9 Å². The molecule has 3 nitrogen and oxygen atoms in total. The van der Waals surface area contributed by atoms with Crippen molar-refractivity contribution in [2.75, 3.05) is 14.2 Å². The monoisotopic (exact) mass is 435 g/mol. The molecule has 4 heteroatoms. The molecule has 0 spiro atoms. The molecule has 4 rings (SSSR count). The fraction of sp³-hybridized carbons (Fsp3) is 0.400. The van der Waals surface area contributed by atoms with Crippen LogP contribution >= 0.6 is 22.6 Å². The number of fused-ring (bicyclic) bond motifs is 2. The minimum absolute atomic E-state index is 0.573. The van der Waals surface area contributed by atoms with E-state index in [0.717, 1.165) is 41.0 Å². The standard InChI is InChI=1S/C20H22INO2/c1-23-19-10-18(21)20(24-2)16-8-7-15(9-17(16)19)22-11-13-5-3-4-6-14(13)12-22/h3-6,10,15H,7-9,11-12H2,1-2H3. The SMILES string of the molecule is COc1cc(I)c(OC)c2c1CC(N1Cc3ccccc3C1)CC2. The highest BCUT2D eigenvalue weighted by Gasteiger charge is 2.32. The van der Waals surface area contributed by atoms with E-state index in [1.807, 2.05) is 0 Å². The van der Waals surface area contributed by atoms with Crippen LogP contribution in [0.5, 0.6) is 11.5 Å².